The number of pyridine rings is 2. The van der Waals surface area contributed by atoms with Crippen LogP contribution in [0.5, 0.6) is 11.5 Å². The van der Waals surface area contributed by atoms with Crippen molar-refractivity contribution < 1.29 is 28.9 Å². The van der Waals surface area contributed by atoms with Crippen molar-refractivity contribution >= 4 is 17.7 Å². The van der Waals surface area contributed by atoms with E-state index in [-0.39, 0.29) is 29.7 Å². The Morgan fingerprint density at radius 2 is 1.35 bits per heavy atom. The zero-order valence-corrected chi connectivity index (χ0v) is 25.6. The molecule has 0 spiro atoms. The van der Waals surface area contributed by atoms with E-state index in [9.17, 15) is 25.0 Å². The van der Waals surface area contributed by atoms with Gasteiger partial charge in [0.05, 0.1) is 0 Å². The second kappa shape index (κ2) is 19.9. The normalized spacial score (nSPS) is 11.0. The number of rotatable bonds is 17. The molecule has 0 unspecified atom stereocenters. The minimum Gasteiger partial charge on any atom is -0.484 e. The first kappa shape index (κ1) is 36.9. The first-order chi connectivity index (χ1) is 20.4. The predicted molar refractivity (Wildman–Crippen MR) is 160 cm³/mol. The molecule has 0 aliphatic carbocycles. The van der Waals surface area contributed by atoms with E-state index in [1.165, 1.54) is 18.5 Å². The minimum absolute atomic E-state index is 0.149. The summed E-state index contributed by atoms with van der Waals surface area (Å²) in [5, 5.41) is 24.3. The topological polar surface area (TPSA) is 201 Å². The van der Waals surface area contributed by atoms with Crippen molar-refractivity contribution in [2.24, 2.45) is 5.73 Å². The minimum atomic E-state index is -0.572. The fraction of sp³-hybridized carbons (Fsp3) is 0.593. The number of nitrogens with one attached hydrogen (secondary N) is 1. The van der Waals surface area contributed by atoms with E-state index in [2.05, 4.69) is 25.1 Å². The molecule has 2 rings (SSSR count). The van der Waals surface area contributed by atoms with Crippen molar-refractivity contribution in [3.8, 4) is 11.5 Å². The third kappa shape index (κ3) is 15.6. The molecular formula is C27H44N8O8. The third-order valence-corrected chi connectivity index (χ3v) is 5.61. The summed E-state index contributed by atoms with van der Waals surface area (Å²) in [5.41, 5.74) is 4.94. The molecule has 16 nitrogen and oxygen atoms in total. The maximum atomic E-state index is 11.6. The smallest absolute Gasteiger partial charge is 0.407 e. The van der Waals surface area contributed by atoms with E-state index >= 15 is 0 Å². The van der Waals surface area contributed by atoms with E-state index in [4.69, 9.17) is 19.9 Å². The van der Waals surface area contributed by atoms with Crippen molar-refractivity contribution in [1.29, 1.82) is 0 Å². The molecule has 0 radical (unpaired) electrons. The molecule has 2 aromatic heterocycles. The Balaban J connectivity index is 0.000000453. The number of likely N-dealkylation sites (N-methyl/N-ethyl adjacent to an activating group) is 2. The van der Waals surface area contributed by atoms with Gasteiger partial charge >= 0.3 is 17.7 Å². The van der Waals surface area contributed by atoms with Crippen LogP contribution in [0.2, 0.25) is 0 Å². The number of nitrogens with two attached hydrogens (primary N) is 1. The molecular weight excluding hydrogens is 564 g/mol. The van der Waals surface area contributed by atoms with Crippen LogP contribution >= 0.6 is 0 Å². The quantitative estimate of drug-likeness (QED) is 0.196. The molecule has 2 aromatic rings. The van der Waals surface area contributed by atoms with Gasteiger partial charge in [0.25, 0.3) is 0 Å². The van der Waals surface area contributed by atoms with Crippen molar-refractivity contribution in [2.45, 2.75) is 40.2 Å². The number of hydrogen-bond acceptors (Lipinski definition) is 13. The molecule has 0 bridgehead atoms. The van der Waals surface area contributed by atoms with Crippen LogP contribution in [-0.4, -0.2) is 107 Å². The second-order valence-electron chi connectivity index (χ2n) is 9.95. The van der Waals surface area contributed by atoms with Crippen LogP contribution in [0, 0.1) is 20.2 Å². The van der Waals surface area contributed by atoms with E-state index in [1.54, 1.807) is 39.0 Å². The Bertz CT molecular complexity index is 1130. The van der Waals surface area contributed by atoms with Gasteiger partial charge in [-0.25, -0.2) is 4.79 Å². The summed E-state index contributed by atoms with van der Waals surface area (Å²) in [7, 11) is 0. The number of carbonyl (C=O) groups is 1. The summed E-state index contributed by atoms with van der Waals surface area (Å²) in [6.07, 6.45) is 2.27. The lowest BCUT2D eigenvalue weighted by molar-refractivity contribution is -0.390. The number of carbonyl (C=O) groups excluding carboxylic acids is 1. The van der Waals surface area contributed by atoms with E-state index in [1.807, 2.05) is 13.8 Å². The van der Waals surface area contributed by atoms with Gasteiger partial charge in [0.1, 0.15) is 31.2 Å². The van der Waals surface area contributed by atoms with Gasteiger partial charge < -0.3 is 45.5 Å². The average molecular weight is 609 g/mol. The molecule has 43 heavy (non-hydrogen) atoms. The van der Waals surface area contributed by atoms with E-state index in [0.29, 0.717) is 39.3 Å². The lowest BCUT2D eigenvalue weighted by atomic mass is 10.2. The second-order valence-corrected chi connectivity index (χ2v) is 9.95. The number of amides is 1. The Hall–Kier alpha value is -4.15. The van der Waals surface area contributed by atoms with E-state index < -0.39 is 21.5 Å². The van der Waals surface area contributed by atoms with Gasteiger partial charge in [0, 0.05) is 39.3 Å². The van der Waals surface area contributed by atoms with Crippen molar-refractivity contribution in [1.82, 2.24) is 25.1 Å². The molecule has 0 fully saturated rings. The van der Waals surface area contributed by atoms with Crippen LogP contribution in [0.1, 0.15) is 34.6 Å². The Morgan fingerprint density at radius 3 is 1.74 bits per heavy atom. The Labute approximate surface area is 251 Å². The van der Waals surface area contributed by atoms with Gasteiger partial charge in [0.2, 0.25) is 11.5 Å². The first-order valence-corrected chi connectivity index (χ1v) is 14.0. The highest BCUT2D eigenvalue weighted by molar-refractivity contribution is 5.67. The monoisotopic (exact) mass is 608 g/mol. The highest BCUT2D eigenvalue weighted by atomic mass is 16.6. The molecule has 0 aromatic carbocycles. The first-order valence-electron chi connectivity index (χ1n) is 14.0. The lowest BCUT2D eigenvalue weighted by Crippen LogP contribution is -2.39. The predicted octanol–water partition coefficient (Wildman–Crippen LogP) is 2.86. The largest absolute Gasteiger partial charge is 0.484 e. The number of nitrogens with zero attached hydrogens (tertiary/aromatic N) is 6. The van der Waals surface area contributed by atoms with Crippen LogP contribution in [0.4, 0.5) is 16.4 Å². The van der Waals surface area contributed by atoms with Crippen LogP contribution in [-0.2, 0) is 4.74 Å². The fourth-order valence-corrected chi connectivity index (χ4v) is 3.50. The molecule has 1 amide bonds. The highest BCUT2D eigenvalue weighted by Crippen LogP contribution is 2.23. The van der Waals surface area contributed by atoms with Gasteiger partial charge in [-0.15, -0.1) is 0 Å². The van der Waals surface area contributed by atoms with Gasteiger partial charge in [-0.1, -0.05) is 13.8 Å². The molecule has 2 heterocycles. The van der Waals surface area contributed by atoms with Crippen LogP contribution in [0.25, 0.3) is 0 Å². The molecule has 16 heteroatoms. The zero-order valence-electron chi connectivity index (χ0n) is 25.6. The summed E-state index contributed by atoms with van der Waals surface area (Å²) >= 11 is 0. The number of alkyl carbamates (subject to hydrolysis) is 1. The maximum Gasteiger partial charge on any atom is 0.407 e. The zero-order chi connectivity index (χ0) is 32.3. The van der Waals surface area contributed by atoms with Crippen molar-refractivity contribution in [3.05, 3.63) is 56.9 Å². The summed E-state index contributed by atoms with van der Waals surface area (Å²) in [6, 6.07) is 6.26. The average Bonchev–Trinajstić information content (AvgIpc) is 2.95. The highest BCUT2D eigenvalue weighted by Gasteiger charge is 2.18. The Morgan fingerprint density at radius 1 is 0.884 bits per heavy atom. The van der Waals surface area contributed by atoms with Gasteiger partial charge in [0.15, 0.2) is 0 Å². The molecule has 0 aliphatic rings. The summed E-state index contributed by atoms with van der Waals surface area (Å²) in [5.74, 6) is -0.196. The van der Waals surface area contributed by atoms with E-state index in [0.717, 1.165) is 19.6 Å². The standard InChI is InChI=1S/C16H26N4O5.C11H18N4O3/c1-5-19(10-9-18-15(21)25-16(2,3)4)11-12-24-13-7-6-8-17-14(13)20(22)23;1-2-14(7-5-12)8-9-18-10-4-3-6-13-11(10)15(16)17/h6-8H,5,9-12H2,1-4H3,(H,18,21);3-4,6H,2,5,7-9,12H2,1H3. The van der Waals surface area contributed by atoms with Gasteiger partial charge in [-0.05, 0) is 77.9 Å². The van der Waals surface area contributed by atoms with Crippen molar-refractivity contribution in [3.63, 3.8) is 0 Å². The fourth-order valence-electron chi connectivity index (χ4n) is 3.50. The Kier molecular flexibility index (Phi) is 17.0. The molecule has 3 N–H and O–H groups in total. The van der Waals surface area contributed by atoms with Crippen LogP contribution in [0.15, 0.2) is 36.7 Å². The summed E-state index contributed by atoms with van der Waals surface area (Å²) in [4.78, 5) is 43.6. The molecule has 0 saturated heterocycles. The third-order valence-electron chi connectivity index (χ3n) is 5.61. The van der Waals surface area contributed by atoms with Crippen molar-refractivity contribution in [2.75, 3.05) is 65.6 Å². The summed E-state index contributed by atoms with van der Waals surface area (Å²) < 4.78 is 16.0. The SMILES string of the molecule is CCN(CCN)CCOc1cccnc1[N+](=O)[O-].CCN(CCNC(=O)OC(C)(C)C)CCOc1cccnc1[N+](=O)[O-]. The molecule has 0 aliphatic heterocycles. The molecule has 0 saturated carbocycles. The lowest BCUT2D eigenvalue weighted by Gasteiger charge is -2.22. The van der Waals surface area contributed by atoms with Gasteiger partial charge in [-0.2, -0.15) is 0 Å². The van der Waals surface area contributed by atoms with Crippen LogP contribution < -0.4 is 20.5 Å². The number of aromatic nitrogens is 2. The van der Waals surface area contributed by atoms with Gasteiger partial charge in [-0.3, -0.25) is 9.80 Å². The molecule has 0 atom stereocenters. The number of nitro groups is 2. The number of ether oxygens (including phenoxy) is 3. The van der Waals surface area contributed by atoms with Crippen LogP contribution in [0.3, 0.4) is 0 Å². The molecule has 240 valence electrons. The number of hydrogen-bond donors (Lipinski definition) is 2. The maximum absolute atomic E-state index is 11.6. The summed E-state index contributed by atoms with van der Waals surface area (Å²) in [6.45, 7) is 15.4.